The maximum absolute atomic E-state index is 12.6. The molecule has 1 amide bonds. The molecule has 0 unspecified atom stereocenters. The Hall–Kier alpha value is -4.06. The van der Waals surface area contributed by atoms with Gasteiger partial charge in [0.15, 0.2) is 0 Å². The fourth-order valence-corrected chi connectivity index (χ4v) is 3.55. The third-order valence-electron chi connectivity index (χ3n) is 5.20. The topological polar surface area (TPSA) is 66.5 Å². The molecular formula is C26H26N4O2. The standard InChI is InChI=1S/C26H26N4O2/c1-30(2)23-16-25(28-21-12-8-7-11-20(21)23)29-22-14-13-19(15-24(22)32-3)26(31)27-17-18-9-5-4-6-10-18/h4-16H,17H2,1-3H3,(H,27,31)(H,28,29). The Morgan fingerprint density at radius 2 is 1.72 bits per heavy atom. The van der Waals surface area contributed by atoms with Gasteiger partial charge in [-0.2, -0.15) is 0 Å². The first-order valence-electron chi connectivity index (χ1n) is 10.4. The zero-order valence-corrected chi connectivity index (χ0v) is 18.4. The Morgan fingerprint density at radius 3 is 2.47 bits per heavy atom. The highest BCUT2D eigenvalue weighted by atomic mass is 16.5. The lowest BCUT2D eigenvalue weighted by atomic mass is 10.1. The Labute approximate surface area is 187 Å². The number of nitrogens with zero attached hydrogens (tertiary/aromatic N) is 2. The van der Waals surface area contributed by atoms with Crippen LogP contribution in [0.2, 0.25) is 0 Å². The number of amides is 1. The van der Waals surface area contributed by atoms with Gasteiger partial charge < -0.3 is 20.3 Å². The van der Waals surface area contributed by atoms with Crippen molar-refractivity contribution < 1.29 is 9.53 Å². The lowest BCUT2D eigenvalue weighted by molar-refractivity contribution is 0.0950. The zero-order chi connectivity index (χ0) is 22.5. The first-order chi connectivity index (χ1) is 15.5. The van der Waals surface area contributed by atoms with Crippen molar-refractivity contribution in [1.82, 2.24) is 10.3 Å². The van der Waals surface area contributed by atoms with Crippen LogP contribution in [0, 0.1) is 0 Å². The maximum atomic E-state index is 12.6. The van der Waals surface area contributed by atoms with Gasteiger partial charge in [0.2, 0.25) is 0 Å². The zero-order valence-electron chi connectivity index (χ0n) is 18.4. The van der Waals surface area contributed by atoms with E-state index in [1.165, 1.54) is 0 Å². The molecule has 0 atom stereocenters. The Balaban J connectivity index is 1.56. The van der Waals surface area contributed by atoms with Crippen LogP contribution < -0.4 is 20.3 Å². The van der Waals surface area contributed by atoms with Gasteiger partial charge in [0.1, 0.15) is 11.6 Å². The van der Waals surface area contributed by atoms with Gasteiger partial charge in [-0.05, 0) is 29.8 Å². The van der Waals surface area contributed by atoms with E-state index >= 15 is 0 Å². The van der Waals surface area contributed by atoms with Crippen molar-refractivity contribution in [2.75, 3.05) is 31.4 Å². The number of hydrogen-bond acceptors (Lipinski definition) is 5. The van der Waals surface area contributed by atoms with Gasteiger partial charge in [-0.3, -0.25) is 4.79 Å². The van der Waals surface area contributed by atoms with Crippen molar-refractivity contribution in [3.05, 3.63) is 90.0 Å². The van der Waals surface area contributed by atoms with Crippen LogP contribution in [0.15, 0.2) is 78.9 Å². The van der Waals surface area contributed by atoms with E-state index in [0.717, 1.165) is 27.8 Å². The highest BCUT2D eigenvalue weighted by Gasteiger charge is 2.13. The van der Waals surface area contributed by atoms with Crippen molar-refractivity contribution in [2.45, 2.75) is 6.54 Å². The summed E-state index contributed by atoms with van der Waals surface area (Å²) >= 11 is 0. The number of hydrogen-bond donors (Lipinski definition) is 2. The van der Waals surface area contributed by atoms with E-state index in [1.54, 1.807) is 19.2 Å². The molecular weight excluding hydrogens is 400 g/mol. The van der Waals surface area contributed by atoms with Gasteiger partial charge in [-0.1, -0.05) is 48.5 Å². The van der Waals surface area contributed by atoms with Gasteiger partial charge in [0.05, 0.1) is 18.3 Å². The quantitative estimate of drug-likeness (QED) is 0.436. The van der Waals surface area contributed by atoms with Crippen LogP contribution in [0.3, 0.4) is 0 Å². The molecule has 4 rings (SSSR count). The van der Waals surface area contributed by atoms with E-state index in [1.807, 2.05) is 74.8 Å². The lowest BCUT2D eigenvalue weighted by Crippen LogP contribution is -2.22. The second kappa shape index (κ2) is 9.39. The highest BCUT2D eigenvalue weighted by Crippen LogP contribution is 2.32. The molecule has 2 N–H and O–H groups in total. The fraction of sp³-hybridized carbons (Fsp3) is 0.154. The summed E-state index contributed by atoms with van der Waals surface area (Å²) in [6, 6.07) is 25.2. The average Bonchev–Trinajstić information content (AvgIpc) is 2.82. The van der Waals surface area contributed by atoms with Crippen LogP contribution in [0.5, 0.6) is 5.75 Å². The Kier molecular flexibility index (Phi) is 6.22. The van der Waals surface area contributed by atoms with Crippen LogP contribution in [-0.4, -0.2) is 32.1 Å². The minimum absolute atomic E-state index is 0.155. The van der Waals surface area contributed by atoms with Crippen LogP contribution in [-0.2, 0) is 6.54 Å². The number of carbonyl (C=O) groups is 1. The smallest absolute Gasteiger partial charge is 0.251 e. The first-order valence-corrected chi connectivity index (χ1v) is 10.4. The van der Waals surface area contributed by atoms with E-state index in [0.29, 0.717) is 23.7 Å². The largest absolute Gasteiger partial charge is 0.495 e. The summed E-state index contributed by atoms with van der Waals surface area (Å²) in [5.74, 6) is 1.11. The van der Waals surface area contributed by atoms with Crippen molar-refractivity contribution in [3.63, 3.8) is 0 Å². The van der Waals surface area contributed by atoms with Crippen LogP contribution in [0.25, 0.3) is 10.9 Å². The van der Waals surface area contributed by atoms with Crippen LogP contribution in [0.4, 0.5) is 17.2 Å². The van der Waals surface area contributed by atoms with Crippen molar-refractivity contribution >= 4 is 34.0 Å². The summed E-state index contributed by atoms with van der Waals surface area (Å²) in [7, 11) is 5.61. The molecule has 0 spiro atoms. The molecule has 0 aliphatic heterocycles. The minimum Gasteiger partial charge on any atom is -0.495 e. The molecule has 0 saturated carbocycles. The van der Waals surface area contributed by atoms with E-state index in [-0.39, 0.29) is 5.91 Å². The summed E-state index contributed by atoms with van der Waals surface area (Å²) in [6.45, 7) is 0.469. The highest BCUT2D eigenvalue weighted by molar-refractivity contribution is 5.96. The normalized spacial score (nSPS) is 10.6. The molecule has 3 aromatic carbocycles. The number of benzene rings is 3. The van der Waals surface area contributed by atoms with E-state index in [9.17, 15) is 4.79 Å². The second-order valence-corrected chi connectivity index (χ2v) is 7.65. The fourth-order valence-electron chi connectivity index (χ4n) is 3.55. The van der Waals surface area contributed by atoms with Gasteiger partial charge >= 0.3 is 0 Å². The first kappa shape index (κ1) is 21.2. The molecule has 0 fully saturated rings. The molecule has 0 aliphatic carbocycles. The van der Waals surface area contributed by atoms with Crippen LogP contribution >= 0.6 is 0 Å². The predicted octanol–water partition coefficient (Wildman–Crippen LogP) is 4.98. The number of nitrogens with one attached hydrogen (secondary N) is 2. The summed E-state index contributed by atoms with van der Waals surface area (Å²) < 4.78 is 5.56. The number of anilines is 3. The molecule has 0 aliphatic rings. The molecule has 1 heterocycles. The number of aromatic nitrogens is 1. The van der Waals surface area contributed by atoms with Crippen molar-refractivity contribution in [2.24, 2.45) is 0 Å². The molecule has 0 saturated heterocycles. The molecule has 0 bridgehead atoms. The molecule has 0 radical (unpaired) electrons. The lowest BCUT2D eigenvalue weighted by Gasteiger charge is -2.18. The van der Waals surface area contributed by atoms with E-state index in [4.69, 9.17) is 9.72 Å². The summed E-state index contributed by atoms with van der Waals surface area (Å²) in [6.07, 6.45) is 0. The second-order valence-electron chi connectivity index (χ2n) is 7.65. The van der Waals surface area contributed by atoms with Gasteiger partial charge in [0.25, 0.3) is 5.91 Å². The number of para-hydroxylation sites is 1. The maximum Gasteiger partial charge on any atom is 0.251 e. The van der Waals surface area contributed by atoms with Gasteiger partial charge in [-0.15, -0.1) is 0 Å². The third-order valence-corrected chi connectivity index (χ3v) is 5.20. The number of ether oxygens (including phenoxy) is 1. The molecule has 162 valence electrons. The van der Waals surface area contributed by atoms with E-state index in [2.05, 4.69) is 21.6 Å². The number of pyridine rings is 1. The van der Waals surface area contributed by atoms with Crippen LogP contribution in [0.1, 0.15) is 15.9 Å². The minimum atomic E-state index is -0.155. The molecule has 6 nitrogen and oxygen atoms in total. The SMILES string of the molecule is COc1cc(C(=O)NCc2ccccc2)ccc1Nc1cc(N(C)C)c2ccccc2n1. The summed E-state index contributed by atoms with van der Waals surface area (Å²) in [5.41, 5.74) is 4.28. The molecule has 4 aromatic rings. The molecule has 32 heavy (non-hydrogen) atoms. The number of carbonyl (C=O) groups excluding carboxylic acids is 1. The summed E-state index contributed by atoms with van der Waals surface area (Å²) in [4.78, 5) is 19.4. The van der Waals surface area contributed by atoms with Crippen molar-refractivity contribution in [3.8, 4) is 5.75 Å². The number of fused-ring (bicyclic) bond motifs is 1. The molecule has 1 aromatic heterocycles. The predicted molar refractivity (Wildman–Crippen MR) is 130 cm³/mol. The van der Waals surface area contributed by atoms with Crippen molar-refractivity contribution in [1.29, 1.82) is 0 Å². The van der Waals surface area contributed by atoms with Gasteiger partial charge in [-0.25, -0.2) is 4.98 Å². The Morgan fingerprint density at radius 1 is 0.969 bits per heavy atom. The third kappa shape index (κ3) is 4.64. The van der Waals surface area contributed by atoms with Gasteiger partial charge in [0, 0.05) is 43.3 Å². The average molecular weight is 427 g/mol. The molecule has 6 heteroatoms. The summed E-state index contributed by atoms with van der Waals surface area (Å²) in [5, 5.41) is 7.37. The number of rotatable bonds is 7. The monoisotopic (exact) mass is 426 g/mol. The number of methoxy groups -OCH3 is 1. The Bertz CT molecular complexity index is 1240. The van der Waals surface area contributed by atoms with E-state index < -0.39 is 0 Å².